The maximum absolute atomic E-state index is 12.7. The van der Waals surface area contributed by atoms with Gasteiger partial charge in [0.1, 0.15) is 5.75 Å². The summed E-state index contributed by atoms with van der Waals surface area (Å²) in [6, 6.07) is 14.0. The molecule has 0 saturated heterocycles. The van der Waals surface area contributed by atoms with Crippen LogP contribution >= 0.6 is 0 Å². The minimum atomic E-state index is -0.602. The van der Waals surface area contributed by atoms with Crippen LogP contribution in [0.4, 0.5) is 21.0 Å². The quantitative estimate of drug-likeness (QED) is 0.849. The van der Waals surface area contributed by atoms with Gasteiger partial charge in [0.15, 0.2) is 0 Å². The molecule has 0 bridgehead atoms. The predicted octanol–water partition coefficient (Wildman–Crippen LogP) is 3.83. The van der Waals surface area contributed by atoms with Gasteiger partial charge in [0, 0.05) is 18.9 Å². The van der Waals surface area contributed by atoms with E-state index in [1.54, 1.807) is 31.4 Å². The number of carbonyl (C=O) groups excluding carboxylic acids is 2. The Bertz CT molecular complexity index is 763. The Balaban J connectivity index is 2.18. The fourth-order valence-corrected chi connectivity index (χ4v) is 2.32. The van der Waals surface area contributed by atoms with Gasteiger partial charge < -0.3 is 14.2 Å². The summed E-state index contributed by atoms with van der Waals surface area (Å²) in [4.78, 5) is 25.5. The average molecular weight is 358 g/mol. The number of nitrogens with one attached hydrogen (secondary N) is 1. The van der Waals surface area contributed by atoms with E-state index in [2.05, 4.69) is 10.1 Å². The molecule has 2 rings (SSSR count). The van der Waals surface area contributed by atoms with Gasteiger partial charge in [0.25, 0.3) is 0 Å². The standard InChI is InChI=1S/C19H22N2O5/c1-14-7-4-5-10-17(14)21(11-12-24-2)19(23)26-16-9-6-8-15(13-16)20-18(22)25-3/h4-10,13H,11-12H2,1-3H3,(H,20,22). The highest BCUT2D eigenvalue weighted by Gasteiger charge is 2.19. The number of aryl methyl sites for hydroxylation is 1. The Labute approximate surface area is 152 Å². The number of hydrogen-bond donors (Lipinski definition) is 1. The number of ether oxygens (including phenoxy) is 3. The lowest BCUT2D eigenvalue weighted by Gasteiger charge is -2.23. The van der Waals surface area contributed by atoms with Gasteiger partial charge >= 0.3 is 12.2 Å². The van der Waals surface area contributed by atoms with Gasteiger partial charge in [-0.3, -0.25) is 10.2 Å². The molecule has 2 amide bonds. The monoisotopic (exact) mass is 358 g/mol. The number of rotatable bonds is 6. The summed E-state index contributed by atoms with van der Waals surface area (Å²) in [5, 5.41) is 2.52. The molecule has 0 saturated carbocycles. The van der Waals surface area contributed by atoms with Crippen molar-refractivity contribution in [1.82, 2.24) is 0 Å². The van der Waals surface area contributed by atoms with E-state index in [1.165, 1.54) is 12.0 Å². The van der Waals surface area contributed by atoms with Crippen LogP contribution in [0.25, 0.3) is 0 Å². The lowest BCUT2D eigenvalue weighted by atomic mass is 10.2. The van der Waals surface area contributed by atoms with Gasteiger partial charge in [-0.1, -0.05) is 24.3 Å². The molecule has 0 aromatic heterocycles. The molecule has 0 aliphatic heterocycles. The number of methoxy groups -OCH3 is 2. The molecule has 0 aliphatic carbocycles. The molecule has 0 spiro atoms. The summed E-state index contributed by atoms with van der Waals surface area (Å²) in [5.41, 5.74) is 2.15. The van der Waals surface area contributed by atoms with Crippen LogP contribution in [-0.2, 0) is 9.47 Å². The Morgan fingerprint density at radius 2 is 1.85 bits per heavy atom. The van der Waals surface area contributed by atoms with Crippen LogP contribution in [0.5, 0.6) is 5.75 Å². The van der Waals surface area contributed by atoms with Crippen molar-refractivity contribution in [2.24, 2.45) is 0 Å². The van der Waals surface area contributed by atoms with Crippen LogP contribution in [0.2, 0.25) is 0 Å². The first-order valence-electron chi connectivity index (χ1n) is 8.04. The number of amides is 2. The number of nitrogens with zero attached hydrogens (tertiary/aromatic N) is 1. The van der Waals surface area contributed by atoms with Crippen molar-refractivity contribution in [3.8, 4) is 5.75 Å². The van der Waals surface area contributed by atoms with Crippen molar-refractivity contribution < 1.29 is 23.8 Å². The van der Waals surface area contributed by atoms with E-state index in [9.17, 15) is 9.59 Å². The third-order valence-electron chi connectivity index (χ3n) is 3.62. The second-order valence-electron chi connectivity index (χ2n) is 5.44. The summed E-state index contributed by atoms with van der Waals surface area (Å²) >= 11 is 0. The molecule has 2 aromatic rings. The topological polar surface area (TPSA) is 77.1 Å². The van der Waals surface area contributed by atoms with Crippen LogP contribution in [-0.4, -0.2) is 39.6 Å². The molecule has 0 heterocycles. The molecule has 7 heteroatoms. The predicted molar refractivity (Wildman–Crippen MR) is 98.9 cm³/mol. The van der Waals surface area contributed by atoms with Crippen LogP contribution < -0.4 is 15.0 Å². The van der Waals surface area contributed by atoms with Crippen molar-refractivity contribution >= 4 is 23.6 Å². The normalized spacial score (nSPS) is 10.1. The largest absolute Gasteiger partial charge is 0.453 e. The van der Waals surface area contributed by atoms with E-state index in [4.69, 9.17) is 9.47 Å². The van der Waals surface area contributed by atoms with Gasteiger partial charge in [-0.15, -0.1) is 0 Å². The lowest BCUT2D eigenvalue weighted by molar-refractivity contribution is 0.187. The van der Waals surface area contributed by atoms with Gasteiger partial charge in [0.2, 0.25) is 0 Å². The van der Waals surface area contributed by atoms with E-state index < -0.39 is 12.2 Å². The Morgan fingerprint density at radius 1 is 1.08 bits per heavy atom. The molecular formula is C19H22N2O5. The number of anilines is 2. The SMILES string of the molecule is COCCN(C(=O)Oc1cccc(NC(=O)OC)c1)c1ccccc1C. The lowest BCUT2D eigenvalue weighted by Crippen LogP contribution is -2.36. The Kier molecular flexibility index (Phi) is 6.99. The van der Waals surface area contributed by atoms with E-state index in [1.807, 2.05) is 31.2 Å². The molecule has 0 aliphatic rings. The summed E-state index contributed by atoms with van der Waals surface area (Å²) in [7, 11) is 2.85. The van der Waals surface area contributed by atoms with Crippen molar-refractivity contribution in [3.63, 3.8) is 0 Å². The number of benzene rings is 2. The highest BCUT2D eigenvalue weighted by atomic mass is 16.6. The van der Waals surface area contributed by atoms with Gasteiger partial charge in [-0.05, 0) is 30.7 Å². The second kappa shape index (κ2) is 9.43. The van der Waals surface area contributed by atoms with Gasteiger partial charge in [-0.25, -0.2) is 9.59 Å². The maximum Gasteiger partial charge on any atom is 0.419 e. The van der Waals surface area contributed by atoms with E-state index in [0.29, 0.717) is 24.6 Å². The highest BCUT2D eigenvalue weighted by Crippen LogP contribution is 2.23. The molecule has 26 heavy (non-hydrogen) atoms. The minimum Gasteiger partial charge on any atom is -0.453 e. The van der Waals surface area contributed by atoms with Crippen molar-refractivity contribution in [1.29, 1.82) is 0 Å². The van der Waals surface area contributed by atoms with Crippen molar-refractivity contribution in [3.05, 3.63) is 54.1 Å². The van der Waals surface area contributed by atoms with Crippen molar-refractivity contribution in [2.45, 2.75) is 6.92 Å². The number of hydrogen-bond acceptors (Lipinski definition) is 5. The number of para-hydroxylation sites is 1. The smallest absolute Gasteiger partial charge is 0.419 e. The molecule has 0 unspecified atom stereocenters. The third-order valence-corrected chi connectivity index (χ3v) is 3.62. The maximum atomic E-state index is 12.7. The zero-order chi connectivity index (χ0) is 18.9. The van der Waals surface area contributed by atoms with Crippen LogP contribution in [0.1, 0.15) is 5.56 Å². The molecular weight excluding hydrogens is 336 g/mol. The minimum absolute atomic E-state index is 0.305. The summed E-state index contributed by atoms with van der Waals surface area (Å²) in [5.74, 6) is 0.305. The van der Waals surface area contributed by atoms with Crippen LogP contribution in [0.15, 0.2) is 48.5 Å². The van der Waals surface area contributed by atoms with E-state index >= 15 is 0 Å². The molecule has 1 N–H and O–H groups in total. The fraction of sp³-hybridized carbons (Fsp3) is 0.263. The van der Waals surface area contributed by atoms with E-state index in [0.717, 1.165) is 11.3 Å². The molecule has 2 aromatic carbocycles. The van der Waals surface area contributed by atoms with E-state index in [-0.39, 0.29) is 0 Å². The van der Waals surface area contributed by atoms with Gasteiger partial charge in [0.05, 0.1) is 25.9 Å². The summed E-state index contributed by atoms with van der Waals surface area (Å²) < 4.78 is 15.1. The third kappa shape index (κ3) is 5.22. The molecule has 0 fully saturated rings. The molecule has 138 valence electrons. The van der Waals surface area contributed by atoms with Crippen molar-refractivity contribution in [2.75, 3.05) is 37.6 Å². The summed E-state index contributed by atoms with van der Waals surface area (Å²) in [6.07, 6.45) is -1.14. The zero-order valence-corrected chi connectivity index (χ0v) is 15.0. The first-order chi connectivity index (χ1) is 12.5. The molecule has 0 atom stereocenters. The first-order valence-corrected chi connectivity index (χ1v) is 8.04. The first kappa shape index (κ1) is 19.3. The molecule has 0 radical (unpaired) electrons. The number of carbonyl (C=O) groups is 2. The van der Waals surface area contributed by atoms with Crippen LogP contribution in [0.3, 0.4) is 0 Å². The fourth-order valence-electron chi connectivity index (χ4n) is 2.32. The Morgan fingerprint density at radius 3 is 2.54 bits per heavy atom. The van der Waals surface area contributed by atoms with Crippen LogP contribution in [0, 0.1) is 6.92 Å². The van der Waals surface area contributed by atoms with Gasteiger partial charge in [-0.2, -0.15) is 0 Å². The highest BCUT2D eigenvalue weighted by molar-refractivity contribution is 5.90. The zero-order valence-electron chi connectivity index (χ0n) is 15.0. The average Bonchev–Trinajstić information content (AvgIpc) is 2.63. The molecule has 7 nitrogen and oxygen atoms in total. The summed E-state index contributed by atoms with van der Waals surface area (Å²) in [6.45, 7) is 2.64. The Hall–Kier alpha value is -3.06. The second-order valence-corrected chi connectivity index (χ2v) is 5.44.